The number of hydrogen-bond acceptors (Lipinski definition) is 3. The van der Waals surface area contributed by atoms with E-state index in [4.69, 9.17) is 0 Å². The van der Waals surface area contributed by atoms with Crippen molar-refractivity contribution in [3.05, 3.63) is 71.9 Å². The highest BCUT2D eigenvalue weighted by atomic mass is 32.2. The van der Waals surface area contributed by atoms with Gasteiger partial charge < -0.3 is 0 Å². The van der Waals surface area contributed by atoms with E-state index in [1.807, 2.05) is 30.3 Å². The SMILES string of the molecule is CS(=O)(=O)c1ccc(Cc2ccc3ncccc3c2)cc1. The van der Waals surface area contributed by atoms with Gasteiger partial charge in [0.25, 0.3) is 0 Å². The summed E-state index contributed by atoms with van der Waals surface area (Å²) in [4.78, 5) is 4.66. The van der Waals surface area contributed by atoms with Crippen LogP contribution in [0.5, 0.6) is 0 Å². The van der Waals surface area contributed by atoms with Crippen LogP contribution in [-0.4, -0.2) is 19.7 Å². The Hall–Kier alpha value is -2.20. The van der Waals surface area contributed by atoms with E-state index in [1.54, 1.807) is 18.3 Å². The van der Waals surface area contributed by atoms with Crippen LogP contribution in [0.2, 0.25) is 0 Å². The fourth-order valence-corrected chi connectivity index (χ4v) is 2.96. The topological polar surface area (TPSA) is 47.0 Å². The van der Waals surface area contributed by atoms with Crippen LogP contribution in [0.1, 0.15) is 11.1 Å². The van der Waals surface area contributed by atoms with Gasteiger partial charge >= 0.3 is 0 Å². The molecule has 0 amide bonds. The lowest BCUT2D eigenvalue weighted by Gasteiger charge is -2.05. The monoisotopic (exact) mass is 297 g/mol. The normalized spacial score (nSPS) is 11.7. The summed E-state index contributed by atoms with van der Waals surface area (Å²) in [6.45, 7) is 0. The third-order valence-electron chi connectivity index (χ3n) is 3.43. The molecule has 0 atom stereocenters. The molecule has 21 heavy (non-hydrogen) atoms. The van der Waals surface area contributed by atoms with E-state index in [2.05, 4.69) is 17.1 Å². The van der Waals surface area contributed by atoms with E-state index in [0.29, 0.717) is 4.90 Å². The average molecular weight is 297 g/mol. The number of fused-ring (bicyclic) bond motifs is 1. The lowest BCUT2D eigenvalue weighted by atomic mass is 10.0. The van der Waals surface area contributed by atoms with Crippen molar-refractivity contribution >= 4 is 20.7 Å². The van der Waals surface area contributed by atoms with Gasteiger partial charge in [0.1, 0.15) is 0 Å². The van der Waals surface area contributed by atoms with E-state index in [9.17, 15) is 8.42 Å². The summed E-state index contributed by atoms with van der Waals surface area (Å²) in [5.41, 5.74) is 3.25. The van der Waals surface area contributed by atoms with Crippen LogP contribution in [0, 0.1) is 0 Å². The summed E-state index contributed by atoms with van der Waals surface area (Å²) in [5.74, 6) is 0. The van der Waals surface area contributed by atoms with Gasteiger partial charge in [0.15, 0.2) is 9.84 Å². The first kappa shape index (κ1) is 13.8. The fourth-order valence-electron chi connectivity index (χ4n) is 2.33. The quantitative estimate of drug-likeness (QED) is 0.745. The van der Waals surface area contributed by atoms with Gasteiger partial charge in [-0.05, 0) is 47.9 Å². The molecule has 3 aromatic rings. The Bertz CT molecular complexity index is 884. The zero-order chi connectivity index (χ0) is 14.9. The number of nitrogens with zero attached hydrogens (tertiary/aromatic N) is 1. The van der Waals surface area contributed by atoms with Gasteiger partial charge in [-0.25, -0.2) is 8.42 Å². The summed E-state index contributed by atoms with van der Waals surface area (Å²) in [7, 11) is -3.13. The minimum Gasteiger partial charge on any atom is -0.256 e. The van der Waals surface area contributed by atoms with Gasteiger partial charge in [0, 0.05) is 17.8 Å². The van der Waals surface area contributed by atoms with Gasteiger partial charge in [-0.3, -0.25) is 4.98 Å². The van der Waals surface area contributed by atoms with E-state index < -0.39 is 9.84 Å². The number of sulfone groups is 1. The van der Waals surface area contributed by atoms with Crippen molar-refractivity contribution in [3.8, 4) is 0 Å². The van der Waals surface area contributed by atoms with Crippen LogP contribution in [0.4, 0.5) is 0 Å². The van der Waals surface area contributed by atoms with Gasteiger partial charge in [0.2, 0.25) is 0 Å². The average Bonchev–Trinajstić information content (AvgIpc) is 2.47. The van der Waals surface area contributed by atoms with Crippen molar-refractivity contribution in [2.45, 2.75) is 11.3 Å². The first-order valence-corrected chi connectivity index (χ1v) is 8.54. The largest absolute Gasteiger partial charge is 0.256 e. The lowest BCUT2D eigenvalue weighted by Crippen LogP contribution is -1.97. The predicted octanol–water partition coefficient (Wildman–Crippen LogP) is 3.23. The Morgan fingerprint density at radius 2 is 1.67 bits per heavy atom. The van der Waals surface area contributed by atoms with Crippen molar-refractivity contribution in [2.75, 3.05) is 6.26 Å². The first-order valence-electron chi connectivity index (χ1n) is 6.65. The molecule has 0 radical (unpaired) electrons. The van der Waals surface area contributed by atoms with Crippen LogP contribution >= 0.6 is 0 Å². The minimum absolute atomic E-state index is 0.356. The van der Waals surface area contributed by atoms with E-state index in [-0.39, 0.29) is 0 Å². The Morgan fingerprint density at radius 1 is 0.952 bits per heavy atom. The second-order valence-corrected chi connectivity index (χ2v) is 7.14. The van der Waals surface area contributed by atoms with Gasteiger partial charge in [0.05, 0.1) is 10.4 Å². The molecule has 1 heterocycles. The molecule has 0 bridgehead atoms. The molecular weight excluding hydrogens is 282 g/mol. The lowest BCUT2D eigenvalue weighted by molar-refractivity contribution is 0.602. The first-order chi connectivity index (χ1) is 10.0. The van der Waals surface area contributed by atoms with Crippen molar-refractivity contribution in [1.82, 2.24) is 4.98 Å². The maximum absolute atomic E-state index is 11.4. The summed E-state index contributed by atoms with van der Waals surface area (Å²) < 4.78 is 22.9. The third kappa shape index (κ3) is 3.11. The molecule has 0 N–H and O–H groups in total. The molecule has 1 aromatic heterocycles. The summed E-state index contributed by atoms with van der Waals surface area (Å²) in [6, 6.07) is 17.2. The Balaban J connectivity index is 1.88. The molecule has 4 heteroatoms. The van der Waals surface area contributed by atoms with Crippen molar-refractivity contribution in [2.24, 2.45) is 0 Å². The minimum atomic E-state index is -3.13. The molecule has 2 aromatic carbocycles. The fraction of sp³-hybridized carbons (Fsp3) is 0.118. The van der Waals surface area contributed by atoms with Crippen molar-refractivity contribution < 1.29 is 8.42 Å². The summed E-state index contributed by atoms with van der Waals surface area (Å²) in [6.07, 6.45) is 3.78. The molecule has 0 fully saturated rings. The second kappa shape index (κ2) is 5.30. The number of hydrogen-bond donors (Lipinski definition) is 0. The highest BCUT2D eigenvalue weighted by Gasteiger charge is 2.06. The molecular formula is C17H15NO2S. The number of aromatic nitrogens is 1. The molecule has 3 rings (SSSR count). The predicted molar refractivity (Wildman–Crippen MR) is 84.1 cm³/mol. The molecule has 0 unspecified atom stereocenters. The van der Waals surface area contributed by atoms with Crippen molar-refractivity contribution in [3.63, 3.8) is 0 Å². The zero-order valence-corrected chi connectivity index (χ0v) is 12.5. The number of benzene rings is 2. The zero-order valence-electron chi connectivity index (χ0n) is 11.7. The number of rotatable bonds is 3. The summed E-state index contributed by atoms with van der Waals surface area (Å²) >= 11 is 0. The van der Waals surface area contributed by atoms with E-state index in [1.165, 1.54) is 11.8 Å². The highest BCUT2D eigenvalue weighted by molar-refractivity contribution is 7.90. The van der Waals surface area contributed by atoms with Gasteiger partial charge in [-0.1, -0.05) is 24.3 Å². The second-order valence-electron chi connectivity index (χ2n) is 5.12. The maximum Gasteiger partial charge on any atom is 0.175 e. The summed E-state index contributed by atoms with van der Waals surface area (Å²) in [5, 5.41) is 1.11. The highest BCUT2D eigenvalue weighted by Crippen LogP contribution is 2.17. The van der Waals surface area contributed by atoms with Crippen LogP contribution in [0.3, 0.4) is 0 Å². The molecule has 3 nitrogen and oxygen atoms in total. The van der Waals surface area contributed by atoms with Crippen LogP contribution in [0.25, 0.3) is 10.9 Å². The van der Waals surface area contributed by atoms with Gasteiger partial charge in [-0.15, -0.1) is 0 Å². The standard InChI is InChI=1S/C17H15NO2S/c1-21(19,20)16-7-4-13(5-8-16)11-14-6-9-17-15(12-14)3-2-10-18-17/h2-10,12H,11H2,1H3. The molecule has 0 saturated carbocycles. The number of pyridine rings is 1. The van der Waals surface area contributed by atoms with Crippen molar-refractivity contribution in [1.29, 1.82) is 0 Å². The van der Waals surface area contributed by atoms with E-state index >= 15 is 0 Å². The van der Waals surface area contributed by atoms with Gasteiger partial charge in [-0.2, -0.15) is 0 Å². The Labute approximate surface area is 124 Å². The van der Waals surface area contributed by atoms with Crippen LogP contribution in [-0.2, 0) is 16.3 Å². The molecule has 0 saturated heterocycles. The molecule has 106 valence electrons. The Kier molecular flexibility index (Phi) is 3.47. The maximum atomic E-state index is 11.4. The molecule has 0 spiro atoms. The van der Waals surface area contributed by atoms with E-state index in [0.717, 1.165) is 22.9 Å². The third-order valence-corrected chi connectivity index (χ3v) is 4.56. The van der Waals surface area contributed by atoms with Crippen LogP contribution < -0.4 is 0 Å². The molecule has 0 aliphatic rings. The molecule has 0 aliphatic heterocycles. The smallest absolute Gasteiger partial charge is 0.175 e. The van der Waals surface area contributed by atoms with Crippen LogP contribution in [0.15, 0.2) is 65.7 Å². The molecule has 0 aliphatic carbocycles. The Morgan fingerprint density at radius 3 is 2.38 bits per heavy atom.